The number of nitrogens with zero attached hydrogens (tertiary/aromatic N) is 1. The Hall–Kier alpha value is -3.62. The van der Waals surface area contributed by atoms with Crippen LogP contribution < -0.4 is 10.6 Å². The number of piperidine rings is 1. The van der Waals surface area contributed by atoms with E-state index in [2.05, 4.69) is 10.6 Å². The van der Waals surface area contributed by atoms with Crippen LogP contribution in [0.5, 0.6) is 0 Å². The van der Waals surface area contributed by atoms with Crippen LogP contribution in [-0.4, -0.2) is 47.9 Å². The Morgan fingerprint density at radius 2 is 1.77 bits per heavy atom. The molecule has 1 aliphatic heterocycles. The summed E-state index contributed by atoms with van der Waals surface area (Å²) in [6.07, 6.45) is 1.16. The van der Waals surface area contributed by atoms with Gasteiger partial charge in [-0.05, 0) is 44.0 Å². The fraction of sp³-hybridized carbons (Fsp3) is 0.333. The molecule has 2 N–H and O–H groups in total. The summed E-state index contributed by atoms with van der Waals surface area (Å²) in [4.78, 5) is 50.3. The Kier molecular flexibility index (Phi) is 6.84. The second-order valence-corrected chi connectivity index (χ2v) is 6.93. The minimum Gasteiger partial charge on any atom is -0.459 e. The summed E-state index contributed by atoms with van der Waals surface area (Å²) in [5, 5.41) is 4.66. The van der Waals surface area contributed by atoms with E-state index < -0.39 is 29.9 Å². The lowest BCUT2D eigenvalue weighted by atomic mass is 9.97. The Balaban J connectivity index is 1.42. The van der Waals surface area contributed by atoms with E-state index in [4.69, 9.17) is 9.15 Å². The average Bonchev–Trinajstić information content (AvgIpc) is 3.28. The van der Waals surface area contributed by atoms with Crippen LogP contribution in [0.25, 0.3) is 0 Å². The van der Waals surface area contributed by atoms with E-state index in [1.165, 1.54) is 13.2 Å². The van der Waals surface area contributed by atoms with Crippen LogP contribution in [0.15, 0.2) is 53.1 Å². The Labute approximate surface area is 173 Å². The molecule has 1 fully saturated rings. The van der Waals surface area contributed by atoms with E-state index in [9.17, 15) is 19.2 Å². The maximum Gasteiger partial charge on any atom is 0.325 e. The maximum absolute atomic E-state index is 12.4. The molecule has 9 nitrogen and oxygen atoms in total. The number of likely N-dealkylation sites (tertiary alicyclic amines) is 1. The van der Waals surface area contributed by atoms with Crippen LogP contribution in [0.2, 0.25) is 0 Å². The van der Waals surface area contributed by atoms with Crippen LogP contribution >= 0.6 is 0 Å². The van der Waals surface area contributed by atoms with E-state index >= 15 is 0 Å². The van der Waals surface area contributed by atoms with Gasteiger partial charge in [0.25, 0.3) is 11.8 Å². The average molecular weight is 413 g/mol. The highest BCUT2D eigenvalue weighted by Crippen LogP contribution is 2.21. The van der Waals surface area contributed by atoms with Crippen LogP contribution in [0.1, 0.15) is 30.3 Å². The lowest BCUT2D eigenvalue weighted by Gasteiger charge is -2.30. The van der Waals surface area contributed by atoms with Crippen molar-refractivity contribution in [1.29, 1.82) is 0 Å². The number of benzene rings is 1. The van der Waals surface area contributed by atoms with Crippen molar-refractivity contribution in [3.63, 3.8) is 0 Å². The molecule has 2 heterocycles. The standard InChI is InChI=1S/C21H23N3O6/c1-14(18(25)23-21(28)22-16-6-3-2-4-7-16)30-20(27)15-9-11-24(12-10-15)19(26)17-8-5-13-29-17/h2-8,13-15H,9-12H2,1H3,(H2,22,23,25,28). The normalized spacial score (nSPS) is 15.2. The van der Waals surface area contributed by atoms with Crippen LogP contribution in [0, 0.1) is 5.92 Å². The number of nitrogens with one attached hydrogen (secondary N) is 2. The molecule has 0 bridgehead atoms. The SMILES string of the molecule is CC(OC(=O)C1CCN(C(=O)c2ccco2)CC1)C(=O)NC(=O)Nc1ccccc1. The number of carbonyl (C=O) groups is 4. The molecule has 0 saturated carbocycles. The predicted molar refractivity (Wildman–Crippen MR) is 106 cm³/mol. The summed E-state index contributed by atoms with van der Waals surface area (Å²) in [6.45, 7) is 2.18. The highest BCUT2D eigenvalue weighted by molar-refractivity contribution is 6.02. The molecule has 1 aromatic carbocycles. The number of hydrogen-bond donors (Lipinski definition) is 2. The number of amides is 4. The lowest BCUT2D eigenvalue weighted by Crippen LogP contribution is -2.44. The number of para-hydroxylation sites is 1. The zero-order valence-electron chi connectivity index (χ0n) is 16.5. The first kappa shape index (κ1) is 21.1. The van der Waals surface area contributed by atoms with Gasteiger partial charge in [-0.3, -0.25) is 19.7 Å². The molecule has 3 rings (SSSR count). The van der Waals surface area contributed by atoms with Crippen molar-refractivity contribution in [2.45, 2.75) is 25.9 Å². The molecule has 1 saturated heterocycles. The fourth-order valence-electron chi connectivity index (χ4n) is 3.10. The van der Waals surface area contributed by atoms with Gasteiger partial charge in [0, 0.05) is 18.8 Å². The summed E-state index contributed by atoms with van der Waals surface area (Å²) in [7, 11) is 0. The smallest absolute Gasteiger partial charge is 0.325 e. The molecular formula is C21H23N3O6. The van der Waals surface area contributed by atoms with Crippen molar-refractivity contribution in [2.24, 2.45) is 5.92 Å². The third-order valence-corrected chi connectivity index (χ3v) is 4.78. The topological polar surface area (TPSA) is 118 Å². The zero-order chi connectivity index (χ0) is 21.5. The zero-order valence-corrected chi connectivity index (χ0v) is 16.5. The van der Waals surface area contributed by atoms with Crippen molar-refractivity contribution in [3.8, 4) is 0 Å². The van der Waals surface area contributed by atoms with Gasteiger partial charge in [-0.1, -0.05) is 18.2 Å². The molecule has 1 atom stereocenters. The number of ether oxygens (including phenoxy) is 1. The van der Waals surface area contributed by atoms with E-state index in [-0.39, 0.29) is 11.7 Å². The highest BCUT2D eigenvalue weighted by atomic mass is 16.5. The summed E-state index contributed by atoms with van der Waals surface area (Å²) < 4.78 is 10.3. The lowest BCUT2D eigenvalue weighted by molar-refractivity contribution is -0.159. The molecule has 0 spiro atoms. The molecule has 0 aliphatic carbocycles. The van der Waals surface area contributed by atoms with Crippen molar-refractivity contribution in [2.75, 3.05) is 18.4 Å². The second kappa shape index (κ2) is 9.73. The van der Waals surface area contributed by atoms with Gasteiger partial charge in [-0.15, -0.1) is 0 Å². The third-order valence-electron chi connectivity index (χ3n) is 4.78. The molecule has 158 valence electrons. The van der Waals surface area contributed by atoms with Gasteiger partial charge in [0.15, 0.2) is 11.9 Å². The summed E-state index contributed by atoms with van der Waals surface area (Å²) in [5.41, 5.74) is 0.531. The first-order valence-corrected chi connectivity index (χ1v) is 9.64. The fourth-order valence-corrected chi connectivity index (χ4v) is 3.10. The van der Waals surface area contributed by atoms with Crippen molar-refractivity contribution < 1.29 is 28.3 Å². The van der Waals surface area contributed by atoms with Gasteiger partial charge < -0.3 is 19.4 Å². The van der Waals surface area contributed by atoms with Crippen molar-refractivity contribution >= 4 is 29.5 Å². The van der Waals surface area contributed by atoms with Crippen LogP contribution in [0.4, 0.5) is 10.5 Å². The van der Waals surface area contributed by atoms with E-state index in [0.29, 0.717) is 31.6 Å². The van der Waals surface area contributed by atoms with Gasteiger partial charge in [-0.2, -0.15) is 0 Å². The van der Waals surface area contributed by atoms with Gasteiger partial charge in [-0.25, -0.2) is 4.79 Å². The number of carbonyl (C=O) groups excluding carboxylic acids is 4. The monoisotopic (exact) mass is 413 g/mol. The maximum atomic E-state index is 12.4. The minimum atomic E-state index is -1.12. The number of anilines is 1. The van der Waals surface area contributed by atoms with Gasteiger partial charge in [0.1, 0.15) is 0 Å². The van der Waals surface area contributed by atoms with Crippen LogP contribution in [-0.2, 0) is 14.3 Å². The predicted octanol–water partition coefficient (Wildman–Crippen LogP) is 2.41. The van der Waals surface area contributed by atoms with Gasteiger partial charge >= 0.3 is 12.0 Å². The highest BCUT2D eigenvalue weighted by Gasteiger charge is 2.31. The summed E-state index contributed by atoms with van der Waals surface area (Å²) in [5.74, 6) is -1.62. The Morgan fingerprint density at radius 1 is 1.07 bits per heavy atom. The third kappa shape index (κ3) is 5.47. The summed E-state index contributed by atoms with van der Waals surface area (Å²) >= 11 is 0. The van der Waals surface area contributed by atoms with E-state index in [1.807, 2.05) is 0 Å². The van der Waals surface area contributed by atoms with Crippen LogP contribution in [0.3, 0.4) is 0 Å². The quantitative estimate of drug-likeness (QED) is 0.727. The summed E-state index contributed by atoms with van der Waals surface area (Å²) in [6, 6.07) is 11.2. The van der Waals surface area contributed by atoms with Gasteiger partial charge in [0.05, 0.1) is 12.2 Å². The Bertz CT molecular complexity index is 889. The molecule has 1 aliphatic rings. The minimum absolute atomic E-state index is 0.219. The first-order valence-electron chi connectivity index (χ1n) is 9.64. The molecule has 9 heteroatoms. The van der Waals surface area contributed by atoms with E-state index in [0.717, 1.165) is 0 Å². The van der Waals surface area contributed by atoms with Gasteiger partial charge in [0.2, 0.25) is 0 Å². The number of urea groups is 1. The first-order chi connectivity index (χ1) is 14.4. The second-order valence-electron chi connectivity index (χ2n) is 6.93. The molecular weight excluding hydrogens is 390 g/mol. The van der Waals surface area contributed by atoms with E-state index in [1.54, 1.807) is 47.4 Å². The van der Waals surface area contributed by atoms with Crippen molar-refractivity contribution in [1.82, 2.24) is 10.2 Å². The number of hydrogen-bond acceptors (Lipinski definition) is 6. The number of rotatable bonds is 5. The van der Waals surface area contributed by atoms with Crippen molar-refractivity contribution in [3.05, 3.63) is 54.5 Å². The molecule has 30 heavy (non-hydrogen) atoms. The largest absolute Gasteiger partial charge is 0.459 e. The number of furan rings is 1. The molecule has 0 radical (unpaired) electrons. The molecule has 4 amide bonds. The molecule has 1 unspecified atom stereocenters. The number of esters is 1. The molecule has 1 aromatic heterocycles. The number of imide groups is 1. The Morgan fingerprint density at radius 3 is 2.40 bits per heavy atom. The molecule has 2 aromatic rings.